The van der Waals surface area contributed by atoms with Gasteiger partial charge in [-0.25, -0.2) is 0 Å². The second kappa shape index (κ2) is 10.5. The van der Waals surface area contributed by atoms with E-state index in [0.29, 0.717) is 12.4 Å². The van der Waals surface area contributed by atoms with E-state index < -0.39 is 42.9 Å². The standard InChI is InChI=1S/C30H33NO7Se/c1-3-31(4-2)18-9-11-21-24(13-18)39-25-14-19(37-29-28(35)27(34)26(33)23(15-32)38-29)10-12-22(25)30(21)20-8-6-5-7-17(20)16-36-30/h5-14,23,26-29,32-35H,3-4,15-16H2,1-2H3/t23?,26-,27-,28+,29+,30?/m0/s1. The van der Waals surface area contributed by atoms with Crippen LogP contribution in [0.5, 0.6) is 5.75 Å². The Kier molecular flexibility index (Phi) is 7.20. The van der Waals surface area contributed by atoms with E-state index in [2.05, 4.69) is 55.1 Å². The molecule has 4 N–H and O–H groups in total. The maximum atomic E-state index is 10.5. The van der Waals surface area contributed by atoms with Gasteiger partial charge in [0.05, 0.1) is 0 Å². The van der Waals surface area contributed by atoms with Gasteiger partial charge in [-0.15, -0.1) is 0 Å². The van der Waals surface area contributed by atoms with Gasteiger partial charge in [0.2, 0.25) is 0 Å². The fourth-order valence-electron chi connectivity index (χ4n) is 5.88. The molecule has 0 radical (unpaired) electrons. The van der Waals surface area contributed by atoms with E-state index in [1.807, 2.05) is 24.3 Å². The van der Waals surface area contributed by atoms with Gasteiger partial charge in [0.1, 0.15) is 0 Å². The molecule has 2 unspecified atom stereocenters. The third-order valence-corrected chi connectivity index (χ3v) is 10.3. The molecule has 1 saturated heterocycles. The summed E-state index contributed by atoms with van der Waals surface area (Å²) in [5.41, 5.74) is 4.99. The molecule has 6 atom stereocenters. The summed E-state index contributed by atoms with van der Waals surface area (Å²) in [5.74, 6) is 0.463. The molecule has 8 nitrogen and oxygen atoms in total. The summed E-state index contributed by atoms with van der Waals surface area (Å²) < 4.78 is 20.6. The van der Waals surface area contributed by atoms with E-state index >= 15 is 0 Å². The molecular formula is C30H33NO7Se. The first-order valence-corrected chi connectivity index (χ1v) is 15.0. The molecule has 3 aliphatic heterocycles. The number of rotatable bonds is 6. The summed E-state index contributed by atoms with van der Waals surface area (Å²) in [4.78, 5) is 2.33. The third kappa shape index (κ3) is 4.29. The average molecular weight is 599 g/mol. The van der Waals surface area contributed by atoms with Crippen molar-refractivity contribution >= 4 is 29.6 Å². The van der Waals surface area contributed by atoms with Gasteiger partial charge in [0.15, 0.2) is 0 Å². The van der Waals surface area contributed by atoms with Crippen molar-refractivity contribution < 1.29 is 34.6 Å². The number of nitrogens with zero attached hydrogens (tertiary/aromatic N) is 1. The van der Waals surface area contributed by atoms with Crippen LogP contribution in [0.4, 0.5) is 5.69 Å². The van der Waals surface area contributed by atoms with Gasteiger partial charge in [-0.1, -0.05) is 0 Å². The zero-order valence-corrected chi connectivity index (χ0v) is 23.6. The Morgan fingerprint density at radius 2 is 1.62 bits per heavy atom. The van der Waals surface area contributed by atoms with Crippen LogP contribution in [0.1, 0.15) is 36.1 Å². The molecule has 6 rings (SSSR count). The summed E-state index contributed by atoms with van der Waals surface area (Å²) in [6.07, 6.45) is -6.69. The number of aliphatic hydroxyl groups is 4. The molecule has 1 fully saturated rings. The van der Waals surface area contributed by atoms with Crippen LogP contribution in [-0.4, -0.2) is 85.8 Å². The Morgan fingerprint density at radius 1 is 0.897 bits per heavy atom. The molecule has 3 aromatic carbocycles. The van der Waals surface area contributed by atoms with Crippen LogP contribution in [0, 0.1) is 0 Å². The van der Waals surface area contributed by atoms with Crippen molar-refractivity contribution in [2.75, 3.05) is 24.6 Å². The van der Waals surface area contributed by atoms with E-state index in [4.69, 9.17) is 14.2 Å². The third-order valence-electron chi connectivity index (χ3n) is 7.97. The second-order valence-corrected chi connectivity index (χ2v) is 12.3. The summed E-state index contributed by atoms with van der Waals surface area (Å²) >= 11 is -0.0608. The SMILES string of the molecule is CCN(CC)c1ccc2c(c1)[Se]c1cc(O[C@@H]3OC(CO)[C@H](O)[C@H](O)[C@H]3O)ccc1C21OCc2ccccc21. The van der Waals surface area contributed by atoms with Crippen molar-refractivity contribution in [3.63, 3.8) is 0 Å². The number of ether oxygens (including phenoxy) is 3. The molecule has 9 heteroatoms. The van der Waals surface area contributed by atoms with Crippen LogP contribution < -0.4 is 18.6 Å². The quantitative estimate of drug-likeness (QED) is 0.304. The minimum absolute atomic E-state index is 0.0608. The summed E-state index contributed by atoms with van der Waals surface area (Å²) in [6.45, 7) is 6.15. The second-order valence-electron chi connectivity index (χ2n) is 10.1. The van der Waals surface area contributed by atoms with Gasteiger partial charge in [0.25, 0.3) is 0 Å². The van der Waals surface area contributed by atoms with Crippen LogP contribution in [0.2, 0.25) is 0 Å². The number of hydrogen-bond donors (Lipinski definition) is 4. The number of hydrogen-bond acceptors (Lipinski definition) is 8. The van der Waals surface area contributed by atoms with Gasteiger partial charge in [-0.05, 0) is 0 Å². The van der Waals surface area contributed by atoms with Crippen LogP contribution in [0.15, 0.2) is 60.7 Å². The summed E-state index contributed by atoms with van der Waals surface area (Å²) in [7, 11) is 0. The minimum atomic E-state index is -1.50. The molecule has 206 valence electrons. The van der Waals surface area contributed by atoms with Crippen LogP contribution in [0.3, 0.4) is 0 Å². The summed E-state index contributed by atoms with van der Waals surface area (Å²) in [6, 6.07) is 20.8. The van der Waals surface area contributed by atoms with Crippen molar-refractivity contribution in [1.82, 2.24) is 0 Å². The molecular weight excluding hydrogens is 565 g/mol. The number of fused-ring (bicyclic) bond motifs is 6. The van der Waals surface area contributed by atoms with E-state index in [0.717, 1.165) is 28.7 Å². The number of aliphatic hydroxyl groups excluding tert-OH is 4. The van der Waals surface area contributed by atoms with E-state index in [-0.39, 0.29) is 15.0 Å². The van der Waals surface area contributed by atoms with E-state index in [1.54, 1.807) is 0 Å². The predicted octanol–water partition coefficient (Wildman–Crippen LogP) is 0.502. The topological polar surface area (TPSA) is 112 Å². The van der Waals surface area contributed by atoms with Crippen LogP contribution in [-0.2, 0) is 21.7 Å². The van der Waals surface area contributed by atoms with Crippen LogP contribution >= 0.6 is 0 Å². The molecule has 39 heavy (non-hydrogen) atoms. The van der Waals surface area contributed by atoms with Gasteiger partial charge in [-0.2, -0.15) is 0 Å². The van der Waals surface area contributed by atoms with Gasteiger partial charge in [-0.3, -0.25) is 0 Å². The van der Waals surface area contributed by atoms with Crippen molar-refractivity contribution in [3.8, 4) is 5.75 Å². The van der Waals surface area contributed by atoms with E-state index in [9.17, 15) is 20.4 Å². The van der Waals surface area contributed by atoms with Crippen molar-refractivity contribution in [2.45, 2.75) is 56.8 Å². The first-order chi connectivity index (χ1) is 18.9. The van der Waals surface area contributed by atoms with Crippen molar-refractivity contribution in [1.29, 1.82) is 0 Å². The fraction of sp³-hybridized carbons (Fsp3) is 0.400. The fourth-order valence-corrected chi connectivity index (χ4v) is 8.48. The van der Waals surface area contributed by atoms with Gasteiger partial charge < -0.3 is 0 Å². The average Bonchev–Trinajstić information content (AvgIpc) is 3.34. The Labute approximate surface area is 233 Å². The Hall–Kier alpha value is -2.46. The monoisotopic (exact) mass is 599 g/mol. The first-order valence-electron chi connectivity index (χ1n) is 13.3. The molecule has 0 aromatic heterocycles. The van der Waals surface area contributed by atoms with Crippen molar-refractivity contribution in [2.24, 2.45) is 0 Å². The molecule has 3 aliphatic rings. The number of anilines is 1. The maximum absolute atomic E-state index is 10.5. The zero-order chi connectivity index (χ0) is 27.3. The predicted molar refractivity (Wildman–Crippen MR) is 147 cm³/mol. The van der Waals surface area contributed by atoms with E-state index in [1.165, 1.54) is 21.3 Å². The molecule has 3 aromatic rings. The normalized spacial score (nSPS) is 29.0. The van der Waals surface area contributed by atoms with Gasteiger partial charge >= 0.3 is 234 Å². The van der Waals surface area contributed by atoms with Gasteiger partial charge in [0, 0.05) is 0 Å². The molecule has 0 amide bonds. The molecule has 0 aliphatic carbocycles. The van der Waals surface area contributed by atoms with Crippen molar-refractivity contribution in [3.05, 3.63) is 82.9 Å². The molecule has 0 bridgehead atoms. The zero-order valence-electron chi connectivity index (χ0n) is 21.9. The molecule has 1 spiro atoms. The summed E-state index contributed by atoms with van der Waals surface area (Å²) in [5, 5.41) is 40.4. The Bertz CT molecular complexity index is 1360. The molecule has 0 saturated carbocycles. The molecule has 3 heterocycles. The van der Waals surface area contributed by atoms with Crippen LogP contribution in [0.25, 0.3) is 0 Å². The Morgan fingerprint density at radius 3 is 2.36 bits per heavy atom. The first kappa shape index (κ1) is 26.7. The Balaban J connectivity index is 1.42. The number of benzene rings is 3.